The highest BCUT2D eigenvalue weighted by Crippen LogP contribution is 2.38. The summed E-state index contributed by atoms with van der Waals surface area (Å²) in [6, 6.07) is 1.81. The van der Waals surface area contributed by atoms with Crippen molar-refractivity contribution in [2.75, 3.05) is 12.3 Å². The maximum absolute atomic E-state index is 6.07. The molecule has 0 unspecified atom stereocenters. The molecule has 2 rings (SSSR count). The Balaban J connectivity index is 2.37. The summed E-state index contributed by atoms with van der Waals surface area (Å²) in [6.45, 7) is 4.68. The molecule has 1 aromatic heterocycles. The topological polar surface area (TPSA) is 61.0 Å². The van der Waals surface area contributed by atoms with Crippen LogP contribution in [0.5, 0.6) is 0 Å². The van der Waals surface area contributed by atoms with E-state index < -0.39 is 0 Å². The van der Waals surface area contributed by atoms with Gasteiger partial charge in [-0.05, 0) is 26.7 Å². The average molecular weight is 249 g/mol. The molecular formula is C14H23N3O. The van der Waals surface area contributed by atoms with E-state index in [1.54, 1.807) is 6.07 Å². The fourth-order valence-corrected chi connectivity index (χ4v) is 2.81. The molecule has 0 aliphatic heterocycles. The zero-order valence-electron chi connectivity index (χ0n) is 11.4. The minimum atomic E-state index is -0.314. The van der Waals surface area contributed by atoms with Gasteiger partial charge in [0.2, 0.25) is 0 Å². The zero-order chi connectivity index (χ0) is 13.0. The molecular weight excluding hydrogens is 226 g/mol. The van der Waals surface area contributed by atoms with Gasteiger partial charge in [0.1, 0.15) is 11.4 Å². The third-order valence-electron chi connectivity index (χ3n) is 3.61. The van der Waals surface area contributed by atoms with Crippen LogP contribution >= 0.6 is 0 Å². The largest absolute Gasteiger partial charge is 0.384 e. The fraction of sp³-hybridized carbons (Fsp3) is 0.714. The molecule has 18 heavy (non-hydrogen) atoms. The van der Waals surface area contributed by atoms with Crippen molar-refractivity contribution in [3.63, 3.8) is 0 Å². The number of nitrogens with zero attached hydrogens (tertiary/aromatic N) is 2. The summed E-state index contributed by atoms with van der Waals surface area (Å²) in [7, 11) is 0. The molecule has 0 aromatic carbocycles. The van der Waals surface area contributed by atoms with Crippen LogP contribution in [-0.2, 0) is 10.3 Å². The molecule has 4 nitrogen and oxygen atoms in total. The Labute approximate surface area is 109 Å². The van der Waals surface area contributed by atoms with Gasteiger partial charge in [-0.3, -0.25) is 0 Å². The Bertz CT molecular complexity index is 378. The van der Waals surface area contributed by atoms with Gasteiger partial charge in [0.05, 0.1) is 0 Å². The van der Waals surface area contributed by atoms with Crippen LogP contribution < -0.4 is 5.73 Å². The molecule has 1 heterocycles. The molecule has 100 valence electrons. The first-order valence-electron chi connectivity index (χ1n) is 6.92. The van der Waals surface area contributed by atoms with Crippen molar-refractivity contribution in [3.8, 4) is 0 Å². The summed E-state index contributed by atoms with van der Waals surface area (Å²) < 4.78 is 6.07. The lowest BCUT2D eigenvalue weighted by atomic mass is 9.93. The highest BCUT2D eigenvalue weighted by atomic mass is 16.5. The van der Waals surface area contributed by atoms with Crippen molar-refractivity contribution in [2.45, 2.75) is 58.0 Å². The molecule has 0 atom stereocenters. The van der Waals surface area contributed by atoms with Gasteiger partial charge in [0.25, 0.3) is 0 Å². The summed E-state index contributed by atoms with van der Waals surface area (Å²) >= 11 is 0. The van der Waals surface area contributed by atoms with E-state index in [4.69, 9.17) is 10.5 Å². The van der Waals surface area contributed by atoms with Gasteiger partial charge in [0.15, 0.2) is 5.82 Å². The molecule has 4 heteroatoms. The molecule has 1 fully saturated rings. The van der Waals surface area contributed by atoms with Crippen LogP contribution in [0, 0.1) is 6.92 Å². The lowest BCUT2D eigenvalue weighted by Gasteiger charge is -2.31. The SMILES string of the molecule is CCOC1(c2nc(C)cc(N)n2)CCCCCC1. The summed E-state index contributed by atoms with van der Waals surface area (Å²) in [6.07, 6.45) is 6.91. The number of aromatic nitrogens is 2. The molecule has 1 saturated carbocycles. The summed E-state index contributed by atoms with van der Waals surface area (Å²) in [4.78, 5) is 9.01. The first-order chi connectivity index (χ1) is 8.66. The van der Waals surface area contributed by atoms with E-state index >= 15 is 0 Å². The molecule has 0 saturated heterocycles. The Morgan fingerprint density at radius 3 is 2.44 bits per heavy atom. The number of aryl methyl sites for hydroxylation is 1. The predicted octanol–water partition coefficient (Wildman–Crippen LogP) is 2.95. The van der Waals surface area contributed by atoms with Crippen LogP contribution in [0.15, 0.2) is 6.07 Å². The third kappa shape index (κ3) is 2.80. The third-order valence-corrected chi connectivity index (χ3v) is 3.61. The minimum Gasteiger partial charge on any atom is -0.384 e. The van der Waals surface area contributed by atoms with Crippen LogP contribution in [-0.4, -0.2) is 16.6 Å². The van der Waals surface area contributed by atoms with Gasteiger partial charge in [0, 0.05) is 18.4 Å². The van der Waals surface area contributed by atoms with E-state index in [-0.39, 0.29) is 5.60 Å². The van der Waals surface area contributed by atoms with Gasteiger partial charge in [-0.15, -0.1) is 0 Å². The summed E-state index contributed by atoms with van der Waals surface area (Å²) in [5.41, 5.74) is 6.46. The number of nitrogen functional groups attached to an aromatic ring is 1. The predicted molar refractivity (Wildman–Crippen MR) is 72.2 cm³/mol. The van der Waals surface area contributed by atoms with Crippen LogP contribution in [0.4, 0.5) is 5.82 Å². The van der Waals surface area contributed by atoms with Crippen LogP contribution in [0.3, 0.4) is 0 Å². The van der Waals surface area contributed by atoms with Gasteiger partial charge in [-0.2, -0.15) is 0 Å². The van der Waals surface area contributed by atoms with Crippen molar-refractivity contribution in [2.24, 2.45) is 0 Å². The smallest absolute Gasteiger partial charge is 0.162 e. The van der Waals surface area contributed by atoms with Gasteiger partial charge < -0.3 is 10.5 Å². The average Bonchev–Trinajstić information content (AvgIpc) is 2.55. The van der Waals surface area contributed by atoms with E-state index in [1.807, 2.05) is 13.8 Å². The van der Waals surface area contributed by atoms with Crippen molar-refractivity contribution in [1.29, 1.82) is 0 Å². The normalized spacial score (nSPS) is 19.4. The quantitative estimate of drug-likeness (QED) is 0.837. The van der Waals surface area contributed by atoms with E-state index in [9.17, 15) is 0 Å². The second-order valence-electron chi connectivity index (χ2n) is 5.10. The lowest BCUT2D eigenvalue weighted by molar-refractivity contribution is -0.0624. The fourth-order valence-electron chi connectivity index (χ4n) is 2.81. The van der Waals surface area contributed by atoms with Gasteiger partial charge >= 0.3 is 0 Å². The Kier molecular flexibility index (Phi) is 4.17. The van der Waals surface area contributed by atoms with E-state index in [0.717, 1.165) is 24.4 Å². The Hall–Kier alpha value is -1.16. The molecule has 2 N–H and O–H groups in total. The lowest BCUT2D eigenvalue weighted by Crippen LogP contribution is -2.32. The van der Waals surface area contributed by atoms with Crippen molar-refractivity contribution >= 4 is 5.82 Å². The zero-order valence-corrected chi connectivity index (χ0v) is 11.4. The molecule has 1 aliphatic rings. The highest BCUT2D eigenvalue weighted by Gasteiger charge is 2.36. The summed E-state index contributed by atoms with van der Waals surface area (Å²) in [5, 5.41) is 0. The van der Waals surface area contributed by atoms with Crippen LogP contribution in [0.25, 0.3) is 0 Å². The first-order valence-corrected chi connectivity index (χ1v) is 6.92. The van der Waals surface area contributed by atoms with Gasteiger partial charge in [-0.1, -0.05) is 25.7 Å². The molecule has 0 spiro atoms. The number of hydrogen-bond acceptors (Lipinski definition) is 4. The van der Waals surface area contributed by atoms with E-state index in [0.29, 0.717) is 12.4 Å². The standard InChI is InChI=1S/C14H23N3O/c1-3-18-14(8-6-4-5-7-9-14)13-16-11(2)10-12(15)17-13/h10H,3-9H2,1-2H3,(H2,15,16,17). The molecule has 1 aliphatic carbocycles. The Morgan fingerprint density at radius 1 is 1.22 bits per heavy atom. The maximum Gasteiger partial charge on any atom is 0.162 e. The van der Waals surface area contributed by atoms with Crippen LogP contribution in [0.2, 0.25) is 0 Å². The number of ether oxygens (including phenoxy) is 1. The number of hydrogen-bond donors (Lipinski definition) is 1. The molecule has 1 aromatic rings. The summed E-state index contributed by atoms with van der Waals surface area (Å²) in [5.74, 6) is 1.32. The van der Waals surface area contributed by atoms with Gasteiger partial charge in [-0.25, -0.2) is 9.97 Å². The van der Waals surface area contributed by atoms with Crippen LogP contribution in [0.1, 0.15) is 57.0 Å². The van der Waals surface area contributed by atoms with Crippen molar-refractivity contribution < 1.29 is 4.74 Å². The molecule has 0 amide bonds. The molecule has 0 bridgehead atoms. The molecule has 0 radical (unpaired) electrons. The number of rotatable bonds is 3. The number of nitrogens with two attached hydrogens (primary N) is 1. The van der Waals surface area contributed by atoms with E-state index in [2.05, 4.69) is 9.97 Å². The first kappa shape index (κ1) is 13.3. The highest BCUT2D eigenvalue weighted by molar-refractivity contribution is 5.30. The second kappa shape index (κ2) is 5.65. The monoisotopic (exact) mass is 249 g/mol. The Morgan fingerprint density at radius 2 is 1.89 bits per heavy atom. The van der Waals surface area contributed by atoms with E-state index in [1.165, 1.54) is 25.7 Å². The van der Waals surface area contributed by atoms with Crippen molar-refractivity contribution in [1.82, 2.24) is 9.97 Å². The number of anilines is 1. The second-order valence-corrected chi connectivity index (χ2v) is 5.10. The maximum atomic E-state index is 6.07. The van der Waals surface area contributed by atoms with Crippen molar-refractivity contribution in [3.05, 3.63) is 17.6 Å². The minimum absolute atomic E-state index is 0.314.